The third-order valence-corrected chi connectivity index (χ3v) is 3.25. The van der Waals surface area contributed by atoms with Gasteiger partial charge in [0.2, 0.25) is 0 Å². The number of hydrogen-bond acceptors (Lipinski definition) is 4. The number of aliphatic hydroxyl groups excluding tert-OH is 1. The number of nitrogens with one attached hydrogen (secondary N) is 1. The molecule has 18 heavy (non-hydrogen) atoms. The Bertz CT molecular complexity index is 326. The Morgan fingerprint density at radius 2 is 2.11 bits per heavy atom. The molecule has 0 saturated carbocycles. The summed E-state index contributed by atoms with van der Waals surface area (Å²) in [5.41, 5.74) is 1.20. The number of aromatic nitrogens is 1. The fourth-order valence-electron chi connectivity index (χ4n) is 1.80. The normalized spacial score (nSPS) is 12.4. The average molecular weight is 251 g/mol. The van der Waals surface area contributed by atoms with Gasteiger partial charge in [-0.2, -0.15) is 0 Å². The maximum absolute atomic E-state index is 8.72. The van der Waals surface area contributed by atoms with Crippen LogP contribution in [0.5, 0.6) is 0 Å². The van der Waals surface area contributed by atoms with Crippen molar-refractivity contribution in [2.24, 2.45) is 0 Å². The number of pyridine rings is 1. The van der Waals surface area contributed by atoms with Crippen LogP contribution in [-0.2, 0) is 0 Å². The molecule has 1 atom stereocenters. The second-order valence-electron chi connectivity index (χ2n) is 4.67. The molecule has 2 N–H and O–H groups in total. The lowest BCUT2D eigenvalue weighted by Gasteiger charge is -2.19. The summed E-state index contributed by atoms with van der Waals surface area (Å²) in [5.74, 6) is 1.01. The minimum atomic E-state index is 0.290. The van der Waals surface area contributed by atoms with Crippen molar-refractivity contribution in [3.8, 4) is 0 Å². The van der Waals surface area contributed by atoms with Crippen LogP contribution < -0.4 is 10.2 Å². The highest BCUT2D eigenvalue weighted by molar-refractivity contribution is 5.38. The molecule has 0 bridgehead atoms. The van der Waals surface area contributed by atoms with E-state index in [1.54, 1.807) is 0 Å². The van der Waals surface area contributed by atoms with Gasteiger partial charge in [-0.15, -0.1) is 0 Å². The molecule has 0 fully saturated rings. The van der Waals surface area contributed by atoms with Crippen molar-refractivity contribution in [1.29, 1.82) is 0 Å². The highest BCUT2D eigenvalue weighted by Crippen LogP contribution is 2.15. The van der Waals surface area contributed by atoms with E-state index in [-0.39, 0.29) is 0 Å². The van der Waals surface area contributed by atoms with Crippen LogP contribution in [0, 0.1) is 0 Å². The molecule has 0 aliphatic rings. The molecule has 0 radical (unpaired) electrons. The minimum absolute atomic E-state index is 0.290. The zero-order valence-corrected chi connectivity index (χ0v) is 11.7. The number of nitrogens with zero attached hydrogens (tertiary/aromatic N) is 2. The molecule has 1 heterocycles. The molecule has 0 aliphatic carbocycles. The van der Waals surface area contributed by atoms with Gasteiger partial charge in [0.15, 0.2) is 0 Å². The van der Waals surface area contributed by atoms with Crippen molar-refractivity contribution in [3.63, 3.8) is 0 Å². The summed E-state index contributed by atoms with van der Waals surface area (Å²) in [4.78, 5) is 6.64. The van der Waals surface area contributed by atoms with E-state index in [0.717, 1.165) is 31.6 Å². The maximum atomic E-state index is 8.72. The first kappa shape index (κ1) is 14.9. The summed E-state index contributed by atoms with van der Waals surface area (Å²) in [7, 11) is 4.01. The van der Waals surface area contributed by atoms with Crippen molar-refractivity contribution in [3.05, 3.63) is 23.9 Å². The zero-order valence-electron chi connectivity index (χ0n) is 11.7. The highest BCUT2D eigenvalue weighted by Gasteiger charge is 2.05. The monoisotopic (exact) mass is 251 g/mol. The Balaban J connectivity index is 2.46. The Labute approximate surface area is 110 Å². The molecule has 0 spiro atoms. The van der Waals surface area contributed by atoms with Gasteiger partial charge >= 0.3 is 0 Å². The van der Waals surface area contributed by atoms with E-state index < -0.39 is 0 Å². The van der Waals surface area contributed by atoms with Crippen LogP contribution in [0.4, 0.5) is 5.82 Å². The van der Waals surface area contributed by atoms with E-state index in [1.807, 2.05) is 13.2 Å². The summed E-state index contributed by atoms with van der Waals surface area (Å²) < 4.78 is 0. The Morgan fingerprint density at radius 1 is 1.33 bits per heavy atom. The van der Waals surface area contributed by atoms with E-state index in [9.17, 15) is 0 Å². The van der Waals surface area contributed by atoms with E-state index in [2.05, 4.69) is 41.3 Å². The van der Waals surface area contributed by atoms with Gasteiger partial charge < -0.3 is 15.3 Å². The van der Waals surface area contributed by atoms with Crippen LogP contribution in [0.2, 0.25) is 0 Å². The molecule has 1 aromatic heterocycles. The van der Waals surface area contributed by atoms with Crippen molar-refractivity contribution in [2.75, 3.05) is 32.1 Å². The lowest BCUT2D eigenvalue weighted by atomic mass is 10.1. The molecule has 0 amide bonds. The predicted molar refractivity (Wildman–Crippen MR) is 75.9 cm³/mol. The van der Waals surface area contributed by atoms with E-state index >= 15 is 0 Å². The summed E-state index contributed by atoms with van der Waals surface area (Å²) in [6.45, 7) is 3.39. The van der Waals surface area contributed by atoms with Gasteiger partial charge in [0.1, 0.15) is 5.82 Å². The fourth-order valence-corrected chi connectivity index (χ4v) is 1.80. The van der Waals surface area contributed by atoms with Crippen LogP contribution in [-0.4, -0.2) is 37.3 Å². The number of aliphatic hydroxyl groups is 1. The van der Waals surface area contributed by atoms with E-state index in [0.29, 0.717) is 12.6 Å². The second kappa shape index (κ2) is 8.06. The Kier molecular flexibility index (Phi) is 6.68. The highest BCUT2D eigenvalue weighted by atomic mass is 16.2. The first-order valence-corrected chi connectivity index (χ1v) is 6.64. The maximum Gasteiger partial charge on any atom is 0.128 e. The van der Waals surface area contributed by atoms with Crippen LogP contribution in [0.1, 0.15) is 37.8 Å². The first-order valence-electron chi connectivity index (χ1n) is 6.64. The van der Waals surface area contributed by atoms with E-state index in [4.69, 9.17) is 5.11 Å². The quantitative estimate of drug-likeness (QED) is 0.693. The lowest BCUT2D eigenvalue weighted by Crippen LogP contribution is -2.20. The number of hydrogen-bond donors (Lipinski definition) is 2. The molecule has 0 aromatic carbocycles. The van der Waals surface area contributed by atoms with Crippen molar-refractivity contribution in [1.82, 2.24) is 10.3 Å². The summed E-state index contributed by atoms with van der Waals surface area (Å²) in [5, 5.41) is 11.9. The third kappa shape index (κ3) is 4.63. The molecule has 0 saturated heterocycles. The standard InChI is InChI=1S/C14H25N3O/c1-12(15-2)13-7-8-14(16-11-13)17(3)9-5-4-6-10-18/h7-8,11-12,15,18H,4-6,9-10H2,1-3H3. The third-order valence-electron chi connectivity index (χ3n) is 3.25. The zero-order chi connectivity index (χ0) is 13.4. The van der Waals surface area contributed by atoms with Crippen LogP contribution in [0.3, 0.4) is 0 Å². The molecular formula is C14H25N3O. The van der Waals surface area contributed by atoms with Gasteiger partial charge in [-0.3, -0.25) is 0 Å². The first-order chi connectivity index (χ1) is 8.69. The molecule has 4 nitrogen and oxygen atoms in total. The van der Waals surface area contributed by atoms with Crippen molar-refractivity contribution in [2.45, 2.75) is 32.2 Å². The molecule has 1 aromatic rings. The number of unbranched alkanes of at least 4 members (excludes halogenated alkanes) is 2. The Hall–Kier alpha value is -1.13. The van der Waals surface area contributed by atoms with E-state index in [1.165, 1.54) is 5.56 Å². The minimum Gasteiger partial charge on any atom is -0.396 e. The fraction of sp³-hybridized carbons (Fsp3) is 0.643. The van der Waals surface area contributed by atoms with Crippen LogP contribution in [0.25, 0.3) is 0 Å². The van der Waals surface area contributed by atoms with Gasteiger partial charge in [-0.05, 0) is 44.9 Å². The van der Waals surface area contributed by atoms with Gasteiger partial charge in [-0.1, -0.05) is 6.07 Å². The molecular weight excluding hydrogens is 226 g/mol. The molecule has 102 valence electrons. The second-order valence-corrected chi connectivity index (χ2v) is 4.67. The topological polar surface area (TPSA) is 48.4 Å². The summed E-state index contributed by atoms with van der Waals surface area (Å²) >= 11 is 0. The SMILES string of the molecule is CNC(C)c1ccc(N(C)CCCCCO)nc1. The van der Waals surface area contributed by atoms with Gasteiger partial charge in [0.25, 0.3) is 0 Å². The predicted octanol–water partition coefficient (Wildman–Crippen LogP) is 1.96. The van der Waals surface area contributed by atoms with Crippen molar-refractivity contribution >= 4 is 5.82 Å². The van der Waals surface area contributed by atoms with Gasteiger partial charge in [0.05, 0.1) is 0 Å². The molecule has 4 heteroatoms. The van der Waals surface area contributed by atoms with Crippen LogP contribution >= 0.6 is 0 Å². The summed E-state index contributed by atoms with van der Waals surface area (Å²) in [6, 6.07) is 4.52. The summed E-state index contributed by atoms with van der Waals surface area (Å²) in [6.07, 6.45) is 4.98. The molecule has 1 rings (SSSR count). The van der Waals surface area contributed by atoms with Gasteiger partial charge in [-0.25, -0.2) is 4.98 Å². The number of anilines is 1. The van der Waals surface area contributed by atoms with Gasteiger partial charge in [0, 0.05) is 32.4 Å². The smallest absolute Gasteiger partial charge is 0.128 e. The van der Waals surface area contributed by atoms with Crippen LogP contribution in [0.15, 0.2) is 18.3 Å². The largest absolute Gasteiger partial charge is 0.396 e. The molecule has 1 unspecified atom stereocenters. The molecule has 0 aliphatic heterocycles. The van der Waals surface area contributed by atoms with Crippen molar-refractivity contribution < 1.29 is 5.11 Å². The number of rotatable bonds is 8. The average Bonchev–Trinajstić information content (AvgIpc) is 2.42. The lowest BCUT2D eigenvalue weighted by molar-refractivity contribution is 0.283. The Morgan fingerprint density at radius 3 is 2.67 bits per heavy atom.